The molecule has 5 nitrogen and oxygen atoms in total. The van der Waals surface area contributed by atoms with Crippen molar-refractivity contribution in [3.05, 3.63) is 0 Å². The van der Waals surface area contributed by atoms with Crippen molar-refractivity contribution in [2.45, 2.75) is 45.1 Å². The van der Waals surface area contributed by atoms with Gasteiger partial charge in [-0.1, -0.05) is 6.92 Å². The number of nitrogens with one attached hydrogen (secondary N) is 1. The molecule has 20 heavy (non-hydrogen) atoms. The highest BCUT2D eigenvalue weighted by Gasteiger charge is 2.32. The Morgan fingerprint density at radius 2 is 2.15 bits per heavy atom. The summed E-state index contributed by atoms with van der Waals surface area (Å²) in [4.78, 5) is 0. The summed E-state index contributed by atoms with van der Waals surface area (Å²) in [7, 11) is -3.15. The van der Waals surface area contributed by atoms with Crippen LogP contribution in [-0.4, -0.2) is 57.4 Å². The zero-order valence-corrected chi connectivity index (χ0v) is 13.3. The van der Waals surface area contributed by atoms with Crippen LogP contribution in [0, 0.1) is 5.92 Å². The Morgan fingerprint density at radius 1 is 1.30 bits per heavy atom. The SMILES string of the molecule is CCCNCC1CCCN(S(=O)(=O)CC2CCCO2)C1. The maximum Gasteiger partial charge on any atom is 0.216 e. The molecule has 0 amide bonds. The van der Waals surface area contributed by atoms with Crippen LogP contribution in [0.4, 0.5) is 0 Å². The highest BCUT2D eigenvalue weighted by molar-refractivity contribution is 7.89. The first kappa shape index (κ1) is 16.2. The molecular weight excluding hydrogens is 276 g/mol. The molecule has 2 unspecified atom stereocenters. The fraction of sp³-hybridized carbons (Fsp3) is 1.00. The van der Waals surface area contributed by atoms with Crippen LogP contribution in [0.2, 0.25) is 0 Å². The minimum absolute atomic E-state index is 0.0846. The lowest BCUT2D eigenvalue weighted by Crippen LogP contribution is -2.45. The lowest BCUT2D eigenvalue weighted by atomic mass is 10.00. The first-order valence-corrected chi connectivity index (χ1v) is 9.53. The van der Waals surface area contributed by atoms with E-state index >= 15 is 0 Å². The topological polar surface area (TPSA) is 58.6 Å². The van der Waals surface area contributed by atoms with Crippen LogP contribution in [0.3, 0.4) is 0 Å². The molecule has 2 aliphatic heterocycles. The standard InChI is InChI=1S/C14H28N2O3S/c1-2-7-15-10-13-5-3-8-16(11-13)20(17,18)12-14-6-4-9-19-14/h13-15H,2-12H2,1H3. The monoisotopic (exact) mass is 304 g/mol. The molecule has 2 saturated heterocycles. The first-order valence-electron chi connectivity index (χ1n) is 7.92. The predicted octanol–water partition coefficient (Wildman–Crippen LogP) is 1.21. The third-order valence-corrected chi connectivity index (χ3v) is 6.07. The van der Waals surface area contributed by atoms with Gasteiger partial charge in [0.2, 0.25) is 10.0 Å². The van der Waals surface area contributed by atoms with Crippen LogP contribution in [0.5, 0.6) is 0 Å². The summed E-state index contributed by atoms with van der Waals surface area (Å²) in [6, 6.07) is 0. The molecule has 2 aliphatic rings. The average Bonchev–Trinajstić information content (AvgIpc) is 2.92. The van der Waals surface area contributed by atoms with Crippen LogP contribution in [0.25, 0.3) is 0 Å². The zero-order valence-electron chi connectivity index (χ0n) is 12.5. The normalized spacial score (nSPS) is 28.9. The summed E-state index contributed by atoms with van der Waals surface area (Å²) >= 11 is 0. The molecule has 6 heteroatoms. The van der Waals surface area contributed by atoms with Crippen molar-refractivity contribution in [2.75, 3.05) is 38.5 Å². The minimum atomic E-state index is -3.15. The van der Waals surface area contributed by atoms with Crippen molar-refractivity contribution in [1.82, 2.24) is 9.62 Å². The maximum atomic E-state index is 12.4. The van der Waals surface area contributed by atoms with Gasteiger partial charge in [0.25, 0.3) is 0 Å². The number of ether oxygens (including phenoxy) is 1. The highest BCUT2D eigenvalue weighted by atomic mass is 32.2. The number of rotatable bonds is 7. The van der Waals surface area contributed by atoms with Gasteiger partial charge in [-0.05, 0) is 51.1 Å². The van der Waals surface area contributed by atoms with Gasteiger partial charge in [-0.15, -0.1) is 0 Å². The second-order valence-electron chi connectivity index (χ2n) is 5.98. The van der Waals surface area contributed by atoms with Crippen LogP contribution in [0.15, 0.2) is 0 Å². The van der Waals surface area contributed by atoms with E-state index in [2.05, 4.69) is 12.2 Å². The summed E-state index contributed by atoms with van der Waals surface area (Å²) < 4.78 is 32.0. The Balaban J connectivity index is 1.83. The van der Waals surface area contributed by atoms with E-state index in [1.165, 1.54) is 0 Å². The summed E-state index contributed by atoms with van der Waals surface area (Å²) in [5, 5.41) is 3.40. The Labute approximate surface area is 123 Å². The molecule has 0 bridgehead atoms. The molecule has 118 valence electrons. The average molecular weight is 304 g/mol. The van der Waals surface area contributed by atoms with Gasteiger partial charge >= 0.3 is 0 Å². The molecule has 0 spiro atoms. The third kappa shape index (κ3) is 4.69. The van der Waals surface area contributed by atoms with Crippen LogP contribution in [0.1, 0.15) is 39.0 Å². The summed E-state index contributed by atoms with van der Waals surface area (Å²) in [5.74, 6) is 0.622. The van der Waals surface area contributed by atoms with Gasteiger partial charge in [0, 0.05) is 19.7 Å². The van der Waals surface area contributed by atoms with Crippen LogP contribution < -0.4 is 5.32 Å². The van der Waals surface area contributed by atoms with E-state index in [9.17, 15) is 8.42 Å². The molecular formula is C14H28N2O3S. The Morgan fingerprint density at radius 3 is 2.85 bits per heavy atom. The molecule has 0 radical (unpaired) electrons. The molecule has 0 aromatic carbocycles. The number of nitrogens with zero attached hydrogens (tertiary/aromatic N) is 1. The molecule has 0 aliphatic carbocycles. The van der Waals surface area contributed by atoms with E-state index in [0.29, 0.717) is 25.6 Å². The first-order chi connectivity index (χ1) is 9.62. The second kappa shape index (κ2) is 7.73. The van der Waals surface area contributed by atoms with Crippen molar-refractivity contribution >= 4 is 10.0 Å². The van der Waals surface area contributed by atoms with E-state index in [1.54, 1.807) is 4.31 Å². The molecule has 2 fully saturated rings. The molecule has 2 rings (SSSR count). The fourth-order valence-electron chi connectivity index (χ4n) is 3.05. The quantitative estimate of drug-likeness (QED) is 0.718. The largest absolute Gasteiger partial charge is 0.377 e. The van der Waals surface area contributed by atoms with Gasteiger partial charge in [0.05, 0.1) is 11.9 Å². The van der Waals surface area contributed by atoms with Gasteiger partial charge in [0.1, 0.15) is 0 Å². The summed E-state index contributed by atoms with van der Waals surface area (Å²) in [5.41, 5.74) is 0. The number of hydrogen-bond acceptors (Lipinski definition) is 4. The Bertz CT molecular complexity index is 380. The van der Waals surface area contributed by atoms with Crippen LogP contribution >= 0.6 is 0 Å². The second-order valence-corrected chi connectivity index (χ2v) is 8.00. The van der Waals surface area contributed by atoms with Gasteiger partial charge in [-0.2, -0.15) is 0 Å². The maximum absolute atomic E-state index is 12.4. The fourth-order valence-corrected chi connectivity index (χ4v) is 4.83. The van der Waals surface area contributed by atoms with Crippen molar-refractivity contribution in [2.24, 2.45) is 5.92 Å². The third-order valence-electron chi connectivity index (χ3n) is 4.16. The molecule has 0 saturated carbocycles. The van der Waals surface area contributed by atoms with Gasteiger partial charge in [-0.3, -0.25) is 0 Å². The lowest BCUT2D eigenvalue weighted by molar-refractivity contribution is 0.125. The summed E-state index contributed by atoms with van der Waals surface area (Å²) in [6.07, 6.45) is 5.01. The van der Waals surface area contributed by atoms with Crippen molar-refractivity contribution < 1.29 is 13.2 Å². The molecule has 2 atom stereocenters. The zero-order chi connectivity index (χ0) is 14.4. The Kier molecular flexibility index (Phi) is 6.26. The van der Waals surface area contributed by atoms with E-state index in [1.807, 2.05) is 0 Å². The molecule has 1 N–H and O–H groups in total. The van der Waals surface area contributed by atoms with Crippen molar-refractivity contribution in [3.8, 4) is 0 Å². The number of hydrogen-bond donors (Lipinski definition) is 1. The van der Waals surface area contributed by atoms with Crippen molar-refractivity contribution in [3.63, 3.8) is 0 Å². The van der Waals surface area contributed by atoms with E-state index in [-0.39, 0.29) is 11.9 Å². The van der Waals surface area contributed by atoms with Crippen molar-refractivity contribution in [1.29, 1.82) is 0 Å². The highest BCUT2D eigenvalue weighted by Crippen LogP contribution is 2.22. The smallest absolute Gasteiger partial charge is 0.216 e. The summed E-state index contributed by atoms with van der Waals surface area (Å²) in [6.45, 7) is 6.15. The number of sulfonamides is 1. The predicted molar refractivity (Wildman–Crippen MR) is 80.2 cm³/mol. The van der Waals surface area contributed by atoms with Gasteiger partial charge in [0.15, 0.2) is 0 Å². The molecule has 0 aromatic rings. The van der Waals surface area contributed by atoms with Gasteiger partial charge in [-0.25, -0.2) is 12.7 Å². The molecule has 0 aromatic heterocycles. The number of piperidine rings is 1. The van der Waals surface area contributed by atoms with Crippen LogP contribution in [-0.2, 0) is 14.8 Å². The Hall–Kier alpha value is -0.170. The van der Waals surface area contributed by atoms with E-state index < -0.39 is 10.0 Å². The van der Waals surface area contributed by atoms with Gasteiger partial charge < -0.3 is 10.1 Å². The van der Waals surface area contributed by atoms with E-state index in [0.717, 1.165) is 45.2 Å². The lowest BCUT2D eigenvalue weighted by Gasteiger charge is -2.32. The van der Waals surface area contributed by atoms with E-state index in [4.69, 9.17) is 4.74 Å². The minimum Gasteiger partial charge on any atom is -0.377 e. The molecule has 2 heterocycles.